The van der Waals surface area contributed by atoms with E-state index < -0.39 is 5.97 Å². The lowest BCUT2D eigenvalue weighted by molar-refractivity contribution is -0.136. The predicted octanol–water partition coefficient (Wildman–Crippen LogP) is 3.15. The highest BCUT2D eigenvalue weighted by molar-refractivity contribution is 7.17. The zero-order chi connectivity index (χ0) is 15.7. The van der Waals surface area contributed by atoms with Gasteiger partial charge in [-0.15, -0.1) is 11.3 Å². The van der Waals surface area contributed by atoms with E-state index in [-0.39, 0.29) is 6.42 Å². The monoisotopic (exact) mass is 316 g/mol. The molecule has 0 aliphatic heterocycles. The molecule has 0 saturated carbocycles. The van der Waals surface area contributed by atoms with Crippen LogP contribution in [-0.4, -0.2) is 20.9 Å². The molecule has 6 heteroatoms. The van der Waals surface area contributed by atoms with Crippen LogP contribution >= 0.6 is 11.3 Å². The summed E-state index contributed by atoms with van der Waals surface area (Å²) in [4.78, 5) is 10.8. The molecule has 0 radical (unpaired) electrons. The van der Waals surface area contributed by atoms with Gasteiger partial charge in [-0.2, -0.15) is 5.10 Å². The van der Waals surface area contributed by atoms with Crippen molar-refractivity contribution in [1.82, 2.24) is 9.78 Å². The van der Waals surface area contributed by atoms with Crippen molar-refractivity contribution in [2.45, 2.75) is 20.0 Å². The minimum Gasteiger partial charge on any atom is -0.487 e. The van der Waals surface area contributed by atoms with Crippen LogP contribution in [0.2, 0.25) is 0 Å². The highest BCUT2D eigenvalue weighted by Gasteiger charge is 2.09. The van der Waals surface area contributed by atoms with E-state index in [0.29, 0.717) is 6.61 Å². The molecule has 1 aromatic carbocycles. The molecule has 3 rings (SSSR count). The molecule has 0 bridgehead atoms. The van der Waals surface area contributed by atoms with Gasteiger partial charge in [0, 0.05) is 11.7 Å². The van der Waals surface area contributed by atoms with Gasteiger partial charge in [0.2, 0.25) is 0 Å². The summed E-state index contributed by atoms with van der Waals surface area (Å²) in [5.41, 5.74) is 2.82. The summed E-state index contributed by atoms with van der Waals surface area (Å²) < 4.78 is 8.66. The zero-order valence-corrected chi connectivity index (χ0v) is 13.2. The first-order valence-corrected chi connectivity index (χ1v) is 7.75. The lowest BCUT2D eigenvalue weighted by Gasteiger charge is -2.06. The number of benzene rings is 1. The molecule has 0 fully saturated rings. The van der Waals surface area contributed by atoms with Crippen LogP contribution in [0.15, 0.2) is 29.6 Å². The van der Waals surface area contributed by atoms with Crippen LogP contribution in [-0.2, 0) is 24.9 Å². The van der Waals surface area contributed by atoms with Crippen LogP contribution in [0, 0.1) is 6.92 Å². The normalized spacial score (nSPS) is 11.0. The Balaban J connectivity index is 1.78. The fourth-order valence-corrected chi connectivity index (χ4v) is 3.40. The van der Waals surface area contributed by atoms with Crippen molar-refractivity contribution in [3.63, 3.8) is 0 Å². The largest absolute Gasteiger partial charge is 0.487 e. The van der Waals surface area contributed by atoms with Gasteiger partial charge in [-0.1, -0.05) is 0 Å². The Morgan fingerprint density at radius 3 is 2.91 bits per heavy atom. The summed E-state index contributed by atoms with van der Waals surface area (Å²) in [6, 6.07) is 7.75. The molecule has 0 amide bonds. The summed E-state index contributed by atoms with van der Waals surface area (Å²) in [6.45, 7) is 2.40. The summed E-state index contributed by atoms with van der Waals surface area (Å²) in [5.74, 6) is -0.0401. The lowest BCUT2D eigenvalue weighted by Crippen LogP contribution is -2.03. The third-order valence-electron chi connectivity index (χ3n) is 3.45. The van der Waals surface area contributed by atoms with Crippen molar-refractivity contribution in [2.75, 3.05) is 0 Å². The van der Waals surface area contributed by atoms with Crippen molar-refractivity contribution in [3.8, 4) is 5.75 Å². The first-order chi connectivity index (χ1) is 10.5. The fraction of sp³-hybridized carbons (Fsp3) is 0.250. The van der Waals surface area contributed by atoms with E-state index in [0.717, 1.165) is 32.8 Å². The molecule has 114 valence electrons. The number of carbonyl (C=O) groups is 1. The van der Waals surface area contributed by atoms with Crippen molar-refractivity contribution in [1.29, 1.82) is 0 Å². The molecular formula is C16H16N2O3S. The Kier molecular flexibility index (Phi) is 3.85. The number of hydrogen-bond acceptors (Lipinski definition) is 4. The molecule has 0 saturated heterocycles. The topological polar surface area (TPSA) is 64.3 Å². The third kappa shape index (κ3) is 2.96. The number of nitrogens with zero attached hydrogens (tertiary/aromatic N) is 2. The first kappa shape index (κ1) is 14.6. The van der Waals surface area contributed by atoms with Crippen molar-refractivity contribution in [2.24, 2.45) is 7.05 Å². The number of aliphatic carboxylic acids is 1. The number of fused-ring (bicyclic) bond motifs is 1. The van der Waals surface area contributed by atoms with E-state index >= 15 is 0 Å². The SMILES string of the molecule is Cc1cc(COc2ccc3c(CC(=O)O)csc3c2)n(C)n1. The first-order valence-electron chi connectivity index (χ1n) is 6.87. The van der Waals surface area contributed by atoms with Gasteiger partial charge in [0.25, 0.3) is 0 Å². The van der Waals surface area contributed by atoms with Crippen LogP contribution in [0.5, 0.6) is 5.75 Å². The second-order valence-electron chi connectivity index (χ2n) is 5.18. The number of ether oxygens (including phenoxy) is 1. The third-order valence-corrected chi connectivity index (χ3v) is 4.45. The molecule has 0 unspecified atom stereocenters. The molecule has 3 aromatic rings. The Morgan fingerprint density at radius 1 is 1.41 bits per heavy atom. The average molecular weight is 316 g/mol. The zero-order valence-electron chi connectivity index (χ0n) is 12.4. The summed E-state index contributed by atoms with van der Waals surface area (Å²) in [5, 5.41) is 16.1. The van der Waals surface area contributed by atoms with E-state index in [4.69, 9.17) is 9.84 Å². The standard InChI is InChI=1S/C16H16N2O3S/c1-10-5-12(18(2)17-10)8-21-13-3-4-14-11(6-16(19)20)9-22-15(14)7-13/h3-5,7,9H,6,8H2,1-2H3,(H,19,20). The second-order valence-corrected chi connectivity index (χ2v) is 6.09. The highest BCUT2D eigenvalue weighted by Crippen LogP contribution is 2.30. The maximum Gasteiger partial charge on any atom is 0.307 e. The molecule has 1 N–H and O–H groups in total. The second kappa shape index (κ2) is 5.81. The minimum absolute atomic E-state index is 0.0501. The van der Waals surface area contributed by atoms with Gasteiger partial charge in [0.15, 0.2) is 0 Å². The fourth-order valence-electron chi connectivity index (χ4n) is 2.41. The molecule has 22 heavy (non-hydrogen) atoms. The van der Waals surface area contributed by atoms with E-state index in [9.17, 15) is 4.79 Å². The molecule has 5 nitrogen and oxygen atoms in total. The van der Waals surface area contributed by atoms with Gasteiger partial charge >= 0.3 is 5.97 Å². The summed E-state index contributed by atoms with van der Waals surface area (Å²) in [6.07, 6.45) is 0.0501. The Bertz CT molecular complexity index is 835. The quantitative estimate of drug-likeness (QED) is 0.785. The number of aryl methyl sites for hydroxylation is 2. The smallest absolute Gasteiger partial charge is 0.307 e. The van der Waals surface area contributed by atoms with Crippen LogP contribution < -0.4 is 4.74 Å². The average Bonchev–Trinajstić information content (AvgIpc) is 2.99. The molecule has 2 heterocycles. The van der Waals surface area contributed by atoms with Gasteiger partial charge in [0.05, 0.1) is 17.8 Å². The van der Waals surface area contributed by atoms with Gasteiger partial charge in [0.1, 0.15) is 12.4 Å². The highest BCUT2D eigenvalue weighted by atomic mass is 32.1. The van der Waals surface area contributed by atoms with E-state index in [1.165, 1.54) is 11.3 Å². The van der Waals surface area contributed by atoms with Crippen molar-refractivity contribution < 1.29 is 14.6 Å². The Morgan fingerprint density at radius 2 is 2.23 bits per heavy atom. The van der Waals surface area contributed by atoms with Gasteiger partial charge in [-0.3, -0.25) is 9.48 Å². The Labute approximate surface area is 131 Å². The van der Waals surface area contributed by atoms with E-state index in [1.807, 2.05) is 48.3 Å². The van der Waals surface area contributed by atoms with E-state index in [2.05, 4.69) is 5.10 Å². The van der Waals surface area contributed by atoms with Gasteiger partial charge in [-0.05, 0) is 47.5 Å². The van der Waals surface area contributed by atoms with Crippen LogP contribution in [0.25, 0.3) is 10.1 Å². The predicted molar refractivity (Wildman–Crippen MR) is 85.4 cm³/mol. The number of aromatic nitrogens is 2. The number of thiophene rings is 1. The maximum atomic E-state index is 10.8. The minimum atomic E-state index is -0.813. The lowest BCUT2D eigenvalue weighted by atomic mass is 10.1. The molecular weight excluding hydrogens is 300 g/mol. The van der Waals surface area contributed by atoms with E-state index in [1.54, 1.807) is 0 Å². The maximum absolute atomic E-state index is 10.8. The van der Waals surface area contributed by atoms with Crippen LogP contribution in [0.3, 0.4) is 0 Å². The molecule has 0 aliphatic carbocycles. The molecule has 0 aliphatic rings. The van der Waals surface area contributed by atoms with Crippen LogP contribution in [0.4, 0.5) is 0 Å². The van der Waals surface area contributed by atoms with Gasteiger partial charge < -0.3 is 9.84 Å². The summed E-state index contributed by atoms with van der Waals surface area (Å²) in [7, 11) is 1.90. The number of carboxylic acid groups (broad SMARTS) is 1. The van der Waals surface area contributed by atoms with Crippen molar-refractivity contribution in [3.05, 3.63) is 46.6 Å². The van der Waals surface area contributed by atoms with Gasteiger partial charge in [-0.25, -0.2) is 0 Å². The molecule has 0 atom stereocenters. The number of carboxylic acids is 1. The molecule has 0 spiro atoms. The van der Waals surface area contributed by atoms with Crippen molar-refractivity contribution >= 4 is 27.4 Å². The number of hydrogen-bond donors (Lipinski definition) is 1. The number of rotatable bonds is 5. The summed E-state index contributed by atoms with van der Waals surface area (Å²) >= 11 is 1.54. The molecule has 2 aromatic heterocycles. The Hall–Kier alpha value is -2.34. The van der Waals surface area contributed by atoms with Crippen LogP contribution in [0.1, 0.15) is 17.0 Å².